The second kappa shape index (κ2) is 9.58. The minimum Gasteiger partial charge on any atom is -0.493 e. The molecule has 30 heavy (non-hydrogen) atoms. The molecule has 0 heterocycles. The summed E-state index contributed by atoms with van der Waals surface area (Å²) in [6.45, 7) is 0. The zero-order valence-electron chi connectivity index (χ0n) is 16.6. The van der Waals surface area contributed by atoms with Gasteiger partial charge in [-0.25, -0.2) is 5.48 Å². The number of carbonyl (C=O) groups is 2. The van der Waals surface area contributed by atoms with Crippen molar-refractivity contribution >= 4 is 17.5 Å². The molecule has 3 aromatic rings. The first kappa shape index (κ1) is 20.9. The lowest BCUT2D eigenvalue weighted by molar-refractivity contribution is -0.129. The van der Waals surface area contributed by atoms with Gasteiger partial charge in [-0.15, -0.1) is 0 Å². The van der Waals surface area contributed by atoms with Crippen molar-refractivity contribution in [3.63, 3.8) is 0 Å². The minimum absolute atomic E-state index is 0.309. The second-order valence-corrected chi connectivity index (χ2v) is 6.47. The van der Waals surface area contributed by atoms with Crippen LogP contribution in [0.4, 0.5) is 5.69 Å². The maximum absolute atomic E-state index is 12.6. The maximum atomic E-state index is 12.6. The van der Waals surface area contributed by atoms with Crippen LogP contribution in [0.15, 0.2) is 72.8 Å². The van der Waals surface area contributed by atoms with Crippen LogP contribution in [0.25, 0.3) is 0 Å². The fraction of sp³-hybridized carbons (Fsp3) is 0.130. The third kappa shape index (κ3) is 4.59. The molecule has 7 nitrogen and oxygen atoms in total. The van der Waals surface area contributed by atoms with Crippen molar-refractivity contribution in [1.82, 2.24) is 5.48 Å². The number of hydrogen-bond acceptors (Lipinski definition) is 5. The third-order valence-electron chi connectivity index (χ3n) is 4.65. The molecule has 0 bridgehead atoms. The molecular formula is C23H22N2O5. The average Bonchev–Trinajstić information content (AvgIpc) is 2.80. The van der Waals surface area contributed by atoms with Gasteiger partial charge >= 0.3 is 0 Å². The fourth-order valence-corrected chi connectivity index (χ4v) is 3.14. The van der Waals surface area contributed by atoms with Crippen LogP contribution < -0.4 is 20.3 Å². The first-order valence-electron chi connectivity index (χ1n) is 9.19. The highest BCUT2D eigenvalue weighted by Gasteiger charge is 2.22. The molecule has 0 fully saturated rings. The molecule has 154 valence electrons. The molecule has 0 aliphatic rings. The van der Waals surface area contributed by atoms with Gasteiger partial charge in [0.2, 0.25) is 0 Å². The van der Waals surface area contributed by atoms with Gasteiger partial charge in [0.25, 0.3) is 11.8 Å². The van der Waals surface area contributed by atoms with Crippen LogP contribution in [0.5, 0.6) is 11.5 Å². The van der Waals surface area contributed by atoms with E-state index in [1.807, 2.05) is 30.3 Å². The van der Waals surface area contributed by atoms with Gasteiger partial charge in [-0.05, 0) is 41.5 Å². The number of benzene rings is 3. The molecule has 0 radical (unpaired) electrons. The number of nitrogens with one attached hydrogen (secondary N) is 2. The van der Waals surface area contributed by atoms with E-state index in [9.17, 15) is 9.59 Å². The first-order valence-corrected chi connectivity index (χ1v) is 9.19. The minimum atomic E-state index is -0.674. The average molecular weight is 406 g/mol. The Morgan fingerprint density at radius 1 is 0.833 bits per heavy atom. The maximum Gasteiger partial charge on any atom is 0.255 e. The summed E-state index contributed by atoms with van der Waals surface area (Å²) in [5.41, 5.74) is 4.12. The van der Waals surface area contributed by atoms with E-state index < -0.39 is 11.8 Å². The molecule has 0 saturated heterocycles. The highest BCUT2D eigenvalue weighted by atomic mass is 16.5. The van der Waals surface area contributed by atoms with E-state index in [2.05, 4.69) is 5.32 Å². The van der Waals surface area contributed by atoms with Crippen LogP contribution in [0, 0.1) is 0 Å². The second-order valence-electron chi connectivity index (χ2n) is 6.47. The number of hydroxylamine groups is 1. The summed E-state index contributed by atoms with van der Waals surface area (Å²) < 4.78 is 10.4. The van der Waals surface area contributed by atoms with Crippen molar-refractivity contribution in [3.8, 4) is 11.5 Å². The first-order chi connectivity index (χ1) is 14.6. The van der Waals surface area contributed by atoms with Crippen LogP contribution in [-0.2, 0) is 4.79 Å². The van der Waals surface area contributed by atoms with Crippen LogP contribution >= 0.6 is 0 Å². The molecule has 7 heteroatoms. The Kier molecular flexibility index (Phi) is 6.67. The number of carbonyl (C=O) groups excluding carboxylic acids is 2. The summed E-state index contributed by atoms with van der Waals surface area (Å²) in [5.74, 6) is -0.528. The van der Waals surface area contributed by atoms with Gasteiger partial charge < -0.3 is 14.8 Å². The molecule has 0 aliphatic carbocycles. The van der Waals surface area contributed by atoms with E-state index in [-0.39, 0.29) is 5.91 Å². The van der Waals surface area contributed by atoms with Gasteiger partial charge in [-0.2, -0.15) is 0 Å². The summed E-state index contributed by atoms with van der Waals surface area (Å²) in [6.07, 6.45) is 0. The van der Waals surface area contributed by atoms with Gasteiger partial charge in [0.05, 0.1) is 20.1 Å². The Hall–Kier alpha value is -3.84. The Morgan fingerprint density at radius 3 is 2.07 bits per heavy atom. The highest BCUT2D eigenvalue weighted by Crippen LogP contribution is 2.29. The SMILES string of the molecule is COc1ccc(C(=O)Nc2ccc(C(C(=O)NO)c3ccccc3)cc2)cc1OC. The quantitative estimate of drug-likeness (QED) is 0.412. The van der Waals surface area contributed by atoms with Crippen LogP contribution in [0.2, 0.25) is 0 Å². The van der Waals surface area contributed by atoms with Crippen molar-refractivity contribution < 1.29 is 24.3 Å². The topological polar surface area (TPSA) is 96.9 Å². The molecule has 0 spiro atoms. The van der Waals surface area contributed by atoms with Crippen LogP contribution in [0.3, 0.4) is 0 Å². The van der Waals surface area contributed by atoms with Crippen molar-refractivity contribution in [3.05, 3.63) is 89.5 Å². The van der Waals surface area contributed by atoms with Crippen molar-refractivity contribution in [2.75, 3.05) is 19.5 Å². The summed E-state index contributed by atoms with van der Waals surface area (Å²) in [7, 11) is 3.03. The van der Waals surface area contributed by atoms with Gasteiger partial charge in [0.15, 0.2) is 11.5 Å². The molecule has 3 aromatic carbocycles. The Morgan fingerprint density at radius 2 is 1.47 bits per heavy atom. The molecule has 0 aromatic heterocycles. The molecule has 1 atom stereocenters. The van der Waals surface area contributed by atoms with Crippen molar-refractivity contribution in [1.29, 1.82) is 0 Å². The van der Waals surface area contributed by atoms with Gasteiger partial charge in [0.1, 0.15) is 0 Å². The van der Waals surface area contributed by atoms with E-state index >= 15 is 0 Å². The lowest BCUT2D eigenvalue weighted by atomic mass is 9.90. The molecule has 3 N–H and O–H groups in total. The highest BCUT2D eigenvalue weighted by molar-refractivity contribution is 6.04. The predicted molar refractivity (Wildman–Crippen MR) is 112 cm³/mol. The Bertz CT molecular complexity index is 1020. The summed E-state index contributed by atoms with van der Waals surface area (Å²) in [4.78, 5) is 24.8. The summed E-state index contributed by atoms with van der Waals surface area (Å²) in [5, 5.41) is 11.9. The molecule has 0 saturated carbocycles. The number of anilines is 1. The normalized spacial score (nSPS) is 11.3. The molecule has 3 rings (SSSR count). The van der Waals surface area contributed by atoms with Crippen LogP contribution in [0.1, 0.15) is 27.4 Å². The van der Waals surface area contributed by atoms with Gasteiger partial charge in [0, 0.05) is 11.3 Å². The van der Waals surface area contributed by atoms with E-state index in [1.54, 1.807) is 47.9 Å². The summed E-state index contributed by atoms with van der Waals surface area (Å²) in [6, 6.07) is 20.9. The lowest BCUT2D eigenvalue weighted by Gasteiger charge is -2.16. The number of rotatable bonds is 7. The van der Waals surface area contributed by atoms with Crippen LogP contribution in [-0.4, -0.2) is 31.2 Å². The third-order valence-corrected chi connectivity index (χ3v) is 4.65. The zero-order valence-corrected chi connectivity index (χ0v) is 16.6. The van der Waals surface area contributed by atoms with E-state index in [0.29, 0.717) is 28.3 Å². The lowest BCUT2D eigenvalue weighted by Crippen LogP contribution is -2.27. The number of hydrogen-bond donors (Lipinski definition) is 3. The number of methoxy groups -OCH3 is 2. The number of ether oxygens (including phenoxy) is 2. The smallest absolute Gasteiger partial charge is 0.255 e. The Labute approximate surface area is 174 Å². The predicted octanol–water partition coefficient (Wildman–Crippen LogP) is 3.59. The molecular weight excluding hydrogens is 384 g/mol. The molecule has 2 amide bonds. The van der Waals surface area contributed by atoms with Crippen molar-refractivity contribution in [2.45, 2.75) is 5.92 Å². The Balaban J connectivity index is 1.79. The monoisotopic (exact) mass is 406 g/mol. The largest absolute Gasteiger partial charge is 0.493 e. The van der Waals surface area contributed by atoms with Crippen molar-refractivity contribution in [2.24, 2.45) is 0 Å². The fourth-order valence-electron chi connectivity index (χ4n) is 3.14. The zero-order chi connectivity index (χ0) is 21.5. The van der Waals surface area contributed by atoms with Gasteiger partial charge in [-0.3, -0.25) is 14.8 Å². The molecule has 0 aliphatic heterocycles. The number of amides is 2. The molecule has 1 unspecified atom stereocenters. The van der Waals surface area contributed by atoms with E-state index in [1.165, 1.54) is 14.2 Å². The van der Waals surface area contributed by atoms with E-state index in [4.69, 9.17) is 14.7 Å². The standard InChI is InChI=1S/C23H22N2O5/c1-29-19-13-10-17(14-20(19)30-2)22(26)24-18-11-8-16(9-12-18)21(23(27)25-28)15-6-4-3-5-7-15/h3-14,21,28H,1-2H3,(H,24,26)(H,25,27). The summed E-state index contributed by atoms with van der Waals surface area (Å²) >= 11 is 0. The van der Waals surface area contributed by atoms with E-state index in [0.717, 1.165) is 5.56 Å². The van der Waals surface area contributed by atoms with Gasteiger partial charge in [-0.1, -0.05) is 42.5 Å².